The van der Waals surface area contributed by atoms with Crippen LogP contribution in [0.25, 0.3) is 0 Å². The molecule has 0 bridgehead atoms. The van der Waals surface area contributed by atoms with Gasteiger partial charge in [-0.1, -0.05) is 43.4 Å². The summed E-state index contributed by atoms with van der Waals surface area (Å²) < 4.78 is 146. The molecule has 4 rings (SSSR count). The topological polar surface area (TPSA) is 18.5 Å². The first-order valence-electron chi connectivity index (χ1n) is 13.9. The minimum atomic E-state index is -5.29. The first-order valence-corrected chi connectivity index (χ1v) is 13.9. The lowest BCUT2D eigenvalue weighted by Crippen LogP contribution is -2.25. The Morgan fingerprint density at radius 3 is 1.66 bits per heavy atom. The van der Waals surface area contributed by atoms with E-state index in [-0.39, 0.29) is 16.7 Å². The molecule has 0 aliphatic rings. The number of rotatable bonds is 8. The molecule has 0 atom stereocenters. The third kappa shape index (κ3) is 9.46. The zero-order valence-electron chi connectivity index (χ0n) is 24.3. The number of benzene rings is 4. The highest BCUT2D eigenvalue weighted by molar-refractivity contribution is 5.49. The maximum Gasteiger partial charge on any atom is 0.573 e. The first kappa shape index (κ1) is 34.8. The Labute approximate surface area is 262 Å². The van der Waals surface area contributed by atoms with E-state index in [1.165, 1.54) is 24.3 Å². The maximum absolute atomic E-state index is 14.8. The minimum absolute atomic E-state index is 0.208. The summed E-state index contributed by atoms with van der Waals surface area (Å²) in [6.07, 6.45) is -7.11. The van der Waals surface area contributed by atoms with Gasteiger partial charge >= 0.3 is 12.5 Å². The molecule has 0 saturated heterocycles. The zero-order valence-corrected chi connectivity index (χ0v) is 24.3. The number of halogens is 10. The fourth-order valence-electron chi connectivity index (χ4n) is 4.25. The van der Waals surface area contributed by atoms with Crippen LogP contribution in [0.3, 0.4) is 0 Å². The minimum Gasteiger partial charge on any atom is -0.429 e. The summed E-state index contributed by atoms with van der Waals surface area (Å²) in [5, 5.41) is 0. The van der Waals surface area contributed by atoms with Crippen molar-refractivity contribution in [3.05, 3.63) is 129 Å². The van der Waals surface area contributed by atoms with Gasteiger partial charge in [0.05, 0.1) is 5.56 Å². The highest BCUT2D eigenvalue weighted by atomic mass is 19.4. The van der Waals surface area contributed by atoms with E-state index in [1.54, 1.807) is 0 Å². The van der Waals surface area contributed by atoms with Gasteiger partial charge in [0.1, 0.15) is 28.8 Å². The van der Waals surface area contributed by atoms with Crippen LogP contribution in [0, 0.1) is 52.8 Å². The lowest BCUT2D eigenvalue weighted by molar-refractivity contribution is -0.276. The van der Waals surface area contributed by atoms with E-state index in [0.29, 0.717) is 42.2 Å². The quantitative estimate of drug-likeness (QED) is 0.106. The second-order valence-corrected chi connectivity index (χ2v) is 10.0. The highest BCUT2D eigenvalue weighted by Crippen LogP contribution is 2.36. The van der Waals surface area contributed by atoms with Gasteiger partial charge in [-0.25, -0.2) is 22.0 Å². The van der Waals surface area contributed by atoms with Crippen LogP contribution in [0.4, 0.5) is 43.9 Å². The predicted octanol–water partition coefficient (Wildman–Crippen LogP) is 9.94. The molecule has 2 nitrogen and oxygen atoms in total. The molecule has 0 aliphatic heterocycles. The van der Waals surface area contributed by atoms with Gasteiger partial charge in [0.2, 0.25) is 5.75 Å². The number of unbranched alkanes of at least 4 members (excludes halogenated alkanes) is 2. The third-order valence-corrected chi connectivity index (χ3v) is 6.44. The van der Waals surface area contributed by atoms with Crippen molar-refractivity contribution in [2.24, 2.45) is 0 Å². The van der Waals surface area contributed by atoms with Gasteiger partial charge < -0.3 is 9.47 Å². The Morgan fingerprint density at radius 1 is 0.574 bits per heavy atom. The van der Waals surface area contributed by atoms with Gasteiger partial charge in [-0.15, -0.1) is 13.2 Å². The fraction of sp³-hybridized carbons (Fsp3) is 0.200. The molecule has 0 N–H and O–H groups in total. The molecule has 0 spiro atoms. The Hall–Kier alpha value is -5.10. The second kappa shape index (κ2) is 14.5. The van der Waals surface area contributed by atoms with E-state index in [2.05, 4.69) is 33.2 Å². The van der Waals surface area contributed by atoms with Gasteiger partial charge in [0.15, 0.2) is 11.6 Å². The van der Waals surface area contributed by atoms with Crippen molar-refractivity contribution in [3.63, 3.8) is 0 Å². The van der Waals surface area contributed by atoms with E-state index >= 15 is 0 Å². The maximum atomic E-state index is 14.8. The van der Waals surface area contributed by atoms with Gasteiger partial charge in [-0.05, 0) is 79.1 Å². The van der Waals surface area contributed by atoms with Crippen molar-refractivity contribution in [2.45, 2.75) is 45.1 Å². The standard InChI is InChI=1S/C35H22F10O2/c1-2-3-4-5-23-16-28(37)32(29(38)17-23)34(41,42)46-26-15-14-25(27(36)20-26)13-12-22-8-6-21(7-9-22)10-11-24-18-30(39)33(31(40)19-24)47-35(43,44)45/h6-9,14-20H,2-5H2,1H3. The Morgan fingerprint density at radius 2 is 1.13 bits per heavy atom. The van der Waals surface area contributed by atoms with Gasteiger partial charge in [0, 0.05) is 22.8 Å². The van der Waals surface area contributed by atoms with Crippen LogP contribution in [0.5, 0.6) is 11.5 Å². The van der Waals surface area contributed by atoms with E-state index in [1.807, 2.05) is 6.92 Å². The average molecular weight is 665 g/mol. The molecule has 0 saturated carbocycles. The van der Waals surface area contributed by atoms with Crippen LogP contribution in [-0.4, -0.2) is 6.36 Å². The van der Waals surface area contributed by atoms with Crippen molar-refractivity contribution >= 4 is 0 Å². The predicted molar refractivity (Wildman–Crippen MR) is 152 cm³/mol. The van der Waals surface area contributed by atoms with Crippen LogP contribution in [0.2, 0.25) is 0 Å². The highest BCUT2D eigenvalue weighted by Gasteiger charge is 2.41. The molecule has 12 heteroatoms. The third-order valence-electron chi connectivity index (χ3n) is 6.44. The molecule has 47 heavy (non-hydrogen) atoms. The Bertz CT molecular complexity index is 1830. The largest absolute Gasteiger partial charge is 0.573 e. The molecule has 0 heterocycles. The van der Waals surface area contributed by atoms with Crippen molar-refractivity contribution in [1.82, 2.24) is 0 Å². The summed E-state index contributed by atoms with van der Waals surface area (Å²) >= 11 is 0. The smallest absolute Gasteiger partial charge is 0.429 e. The summed E-state index contributed by atoms with van der Waals surface area (Å²) in [4.78, 5) is 0. The molecule has 0 amide bonds. The number of aryl methyl sites for hydroxylation is 1. The molecule has 4 aromatic rings. The first-order chi connectivity index (χ1) is 22.1. The molecule has 0 aliphatic carbocycles. The van der Waals surface area contributed by atoms with E-state index in [4.69, 9.17) is 0 Å². The number of alkyl halides is 5. The Balaban J connectivity index is 1.43. The summed E-state index contributed by atoms with van der Waals surface area (Å²) in [6.45, 7) is 1.94. The van der Waals surface area contributed by atoms with E-state index < -0.39 is 58.6 Å². The van der Waals surface area contributed by atoms with Gasteiger partial charge in [-0.3, -0.25) is 0 Å². The normalized spacial score (nSPS) is 11.3. The van der Waals surface area contributed by atoms with Crippen LogP contribution in [0.1, 0.15) is 59.6 Å². The fourth-order valence-corrected chi connectivity index (χ4v) is 4.25. The zero-order chi connectivity index (χ0) is 34.4. The lowest BCUT2D eigenvalue weighted by Gasteiger charge is -2.20. The van der Waals surface area contributed by atoms with Crippen LogP contribution in [0.15, 0.2) is 66.7 Å². The molecule has 0 unspecified atom stereocenters. The van der Waals surface area contributed by atoms with Gasteiger partial charge in [-0.2, -0.15) is 8.78 Å². The summed E-state index contributed by atoms with van der Waals surface area (Å²) in [7, 11) is 0. The SMILES string of the molecule is CCCCCc1cc(F)c(C(F)(F)Oc2ccc(C#Cc3ccc(C#Cc4cc(F)c(OC(F)(F)F)c(F)c4)cc3)c(F)c2)c(F)c1. The van der Waals surface area contributed by atoms with Crippen LogP contribution >= 0.6 is 0 Å². The molecule has 0 fully saturated rings. The average Bonchev–Trinajstić information content (AvgIpc) is 2.97. The van der Waals surface area contributed by atoms with Crippen LogP contribution < -0.4 is 9.47 Å². The molecular weight excluding hydrogens is 642 g/mol. The van der Waals surface area contributed by atoms with Crippen molar-refractivity contribution in [2.75, 3.05) is 0 Å². The lowest BCUT2D eigenvalue weighted by atomic mass is 10.0. The van der Waals surface area contributed by atoms with E-state index in [0.717, 1.165) is 37.1 Å². The van der Waals surface area contributed by atoms with E-state index in [9.17, 15) is 43.9 Å². The van der Waals surface area contributed by atoms with Crippen molar-refractivity contribution < 1.29 is 53.4 Å². The summed E-state index contributed by atoms with van der Waals surface area (Å²) in [5.41, 5.74) is -1.14. The van der Waals surface area contributed by atoms with Crippen molar-refractivity contribution in [1.29, 1.82) is 0 Å². The number of hydrogen-bond donors (Lipinski definition) is 0. The summed E-state index contributed by atoms with van der Waals surface area (Å²) in [6, 6.07) is 11.2. The monoisotopic (exact) mass is 664 g/mol. The Kier molecular flexibility index (Phi) is 10.8. The second-order valence-electron chi connectivity index (χ2n) is 10.0. The van der Waals surface area contributed by atoms with Gasteiger partial charge in [0.25, 0.3) is 0 Å². The van der Waals surface area contributed by atoms with Crippen LogP contribution in [-0.2, 0) is 12.5 Å². The molecule has 0 radical (unpaired) electrons. The molecule has 4 aromatic carbocycles. The number of ether oxygens (including phenoxy) is 2. The molecule has 0 aromatic heterocycles. The summed E-state index contributed by atoms with van der Waals surface area (Å²) in [5.74, 6) is 0.613. The number of hydrogen-bond acceptors (Lipinski definition) is 2. The van der Waals surface area contributed by atoms with Crippen molar-refractivity contribution in [3.8, 4) is 35.2 Å². The molecular formula is C35H22F10O2. The molecule has 244 valence electrons.